The van der Waals surface area contributed by atoms with E-state index in [2.05, 4.69) is 25.2 Å². The van der Waals surface area contributed by atoms with E-state index in [4.69, 9.17) is 4.74 Å². The number of hydrogen-bond donors (Lipinski definition) is 1. The Morgan fingerprint density at radius 1 is 1.38 bits per heavy atom. The first-order valence-corrected chi connectivity index (χ1v) is 9.49. The van der Waals surface area contributed by atoms with Crippen molar-refractivity contribution in [3.63, 3.8) is 0 Å². The van der Waals surface area contributed by atoms with Gasteiger partial charge in [0.15, 0.2) is 9.84 Å². The standard InChI is InChI=1S/C16H25NO3S/c1-3-13(2)15-6-4-5-7-16(15)20-10-9-17-14-8-11-21(18,19)12-14/h4-7,13-14,17H,3,8-12H2,1-2H3. The van der Waals surface area contributed by atoms with E-state index in [0.717, 1.165) is 12.2 Å². The molecule has 1 aliphatic rings. The summed E-state index contributed by atoms with van der Waals surface area (Å²) in [5.74, 6) is 1.99. The molecule has 0 radical (unpaired) electrons. The average molecular weight is 311 g/mol. The van der Waals surface area contributed by atoms with Gasteiger partial charge >= 0.3 is 0 Å². The summed E-state index contributed by atoms with van der Waals surface area (Å²) < 4.78 is 28.6. The van der Waals surface area contributed by atoms with Crippen LogP contribution in [-0.2, 0) is 9.84 Å². The molecule has 118 valence electrons. The third kappa shape index (κ3) is 4.71. The highest BCUT2D eigenvalue weighted by Crippen LogP contribution is 2.28. The highest BCUT2D eigenvalue weighted by atomic mass is 32.2. The summed E-state index contributed by atoms with van der Waals surface area (Å²) in [6, 6.07) is 8.22. The van der Waals surface area contributed by atoms with E-state index in [-0.39, 0.29) is 11.8 Å². The number of para-hydroxylation sites is 1. The molecule has 2 unspecified atom stereocenters. The Morgan fingerprint density at radius 3 is 2.81 bits per heavy atom. The molecular formula is C16H25NO3S. The van der Waals surface area contributed by atoms with Crippen LogP contribution in [0.1, 0.15) is 38.2 Å². The Balaban J connectivity index is 1.79. The smallest absolute Gasteiger partial charge is 0.151 e. The minimum atomic E-state index is -2.81. The molecule has 1 aliphatic heterocycles. The van der Waals surface area contributed by atoms with Crippen molar-refractivity contribution in [2.45, 2.75) is 38.6 Å². The van der Waals surface area contributed by atoms with Crippen LogP contribution < -0.4 is 10.1 Å². The molecule has 1 aromatic carbocycles. The van der Waals surface area contributed by atoms with Crippen molar-refractivity contribution in [3.8, 4) is 5.75 Å². The van der Waals surface area contributed by atoms with Crippen LogP contribution in [0.25, 0.3) is 0 Å². The SMILES string of the molecule is CCC(C)c1ccccc1OCCNC1CCS(=O)(=O)C1. The highest BCUT2D eigenvalue weighted by molar-refractivity contribution is 7.91. The van der Waals surface area contributed by atoms with Gasteiger partial charge in [-0.2, -0.15) is 0 Å². The molecule has 5 heteroatoms. The Hall–Kier alpha value is -1.07. The van der Waals surface area contributed by atoms with Gasteiger partial charge in [-0.1, -0.05) is 32.0 Å². The van der Waals surface area contributed by atoms with Gasteiger partial charge in [0.25, 0.3) is 0 Å². The number of rotatable bonds is 7. The number of benzene rings is 1. The molecule has 0 aliphatic carbocycles. The van der Waals surface area contributed by atoms with Crippen LogP contribution in [-0.4, -0.2) is 39.1 Å². The number of ether oxygens (including phenoxy) is 1. The lowest BCUT2D eigenvalue weighted by Crippen LogP contribution is -2.33. The van der Waals surface area contributed by atoms with E-state index in [0.29, 0.717) is 31.2 Å². The first-order valence-electron chi connectivity index (χ1n) is 7.67. The maximum atomic E-state index is 11.4. The molecule has 2 rings (SSSR count). The molecule has 1 saturated heterocycles. The second-order valence-electron chi connectivity index (χ2n) is 5.75. The van der Waals surface area contributed by atoms with Crippen LogP contribution in [0.2, 0.25) is 0 Å². The zero-order valence-electron chi connectivity index (χ0n) is 12.8. The minimum absolute atomic E-state index is 0.0865. The Morgan fingerprint density at radius 2 is 2.14 bits per heavy atom. The summed E-state index contributed by atoms with van der Waals surface area (Å²) in [5, 5.41) is 3.27. The highest BCUT2D eigenvalue weighted by Gasteiger charge is 2.27. The van der Waals surface area contributed by atoms with Gasteiger partial charge in [-0.05, 0) is 30.4 Å². The van der Waals surface area contributed by atoms with Crippen molar-refractivity contribution in [2.24, 2.45) is 0 Å². The molecular weight excluding hydrogens is 286 g/mol. The molecule has 0 bridgehead atoms. The van der Waals surface area contributed by atoms with Crippen LogP contribution in [0.3, 0.4) is 0 Å². The van der Waals surface area contributed by atoms with Crippen molar-refractivity contribution < 1.29 is 13.2 Å². The van der Waals surface area contributed by atoms with Gasteiger partial charge < -0.3 is 10.1 Å². The van der Waals surface area contributed by atoms with Crippen molar-refractivity contribution in [3.05, 3.63) is 29.8 Å². The molecule has 21 heavy (non-hydrogen) atoms. The van der Waals surface area contributed by atoms with Crippen molar-refractivity contribution >= 4 is 9.84 Å². The quantitative estimate of drug-likeness (QED) is 0.785. The van der Waals surface area contributed by atoms with E-state index in [9.17, 15) is 8.42 Å². The van der Waals surface area contributed by atoms with E-state index in [1.54, 1.807) is 0 Å². The van der Waals surface area contributed by atoms with Gasteiger partial charge in [-0.15, -0.1) is 0 Å². The summed E-state index contributed by atoms with van der Waals surface area (Å²) in [6.07, 6.45) is 1.80. The minimum Gasteiger partial charge on any atom is -0.492 e. The second-order valence-corrected chi connectivity index (χ2v) is 7.98. The van der Waals surface area contributed by atoms with E-state index in [1.807, 2.05) is 18.2 Å². The van der Waals surface area contributed by atoms with Crippen molar-refractivity contribution in [2.75, 3.05) is 24.7 Å². The molecule has 0 saturated carbocycles. The lowest BCUT2D eigenvalue weighted by Gasteiger charge is -2.16. The topological polar surface area (TPSA) is 55.4 Å². The summed E-state index contributed by atoms with van der Waals surface area (Å²) >= 11 is 0. The summed E-state index contributed by atoms with van der Waals surface area (Å²) in [5.41, 5.74) is 1.24. The normalized spacial score (nSPS) is 22.1. The largest absolute Gasteiger partial charge is 0.492 e. The van der Waals surface area contributed by atoms with Crippen molar-refractivity contribution in [1.82, 2.24) is 5.32 Å². The number of hydrogen-bond acceptors (Lipinski definition) is 4. The first kappa shape index (κ1) is 16.3. The molecule has 1 heterocycles. The molecule has 2 atom stereocenters. The third-order valence-electron chi connectivity index (χ3n) is 4.09. The lowest BCUT2D eigenvalue weighted by molar-refractivity contribution is 0.303. The molecule has 0 spiro atoms. The van der Waals surface area contributed by atoms with Gasteiger partial charge in [0, 0.05) is 12.6 Å². The Kier molecular flexibility index (Phi) is 5.65. The van der Waals surface area contributed by atoms with Crippen LogP contribution in [0.5, 0.6) is 5.75 Å². The molecule has 1 fully saturated rings. The second kappa shape index (κ2) is 7.27. The van der Waals surface area contributed by atoms with Gasteiger partial charge in [0.05, 0.1) is 11.5 Å². The Bertz CT molecular complexity index is 556. The van der Waals surface area contributed by atoms with Crippen LogP contribution in [0, 0.1) is 0 Å². The maximum absolute atomic E-state index is 11.4. The van der Waals surface area contributed by atoms with Gasteiger partial charge in [0.2, 0.25) is 0 Å². The first-order chi connectivity index (χ1) is 10.0. The summed E-state index contributed by atoms with van der Waals surface area (Å²) in [7, 11) is -2.81. The van der Waals surface area contributed by atoms with Gasteiger partial charge in [-0.25, -0.2) is 8.42 Å². The fraction of sp³-hybridized carbons (Fsp3) is 0.625. The van der Waals surface area contributed by atoms with Gasteiger partial charge in [0.1, 0.15) is 12.4 Å². The average Bonchev–Trinajstić information content (AvgIpc) is 2.82. The molecule has 1 aromatic rings. The molecule has 1 N–H and O–H groups in total. The zero-order valence-corrected chi connectivity index (χ0v) is 13.7. The van der Waals surface area contributed by atoms with E-state index in [1.165, 1.54) is 5.56 Å². The van der Waals surface area contributed by atoms with E-state index >= 15 is 0 Å². The zero-order chi connectivity index (χ0) is 15.3. The predicted molar refractivity (Wildman–Crippen MR) is 85.7 cm³/mol. The number of nitrogens with one attached hydrogen (secondary N) is 1. The molecule has 0 amide bonds. The molecule has 4 nitrogen and oxygen atoms in total. The van der Waals surface area contributed by atoms with Crippen molar-refractivity contribution in [1.29, 1.82) is 0 Å². The maximum Gasteiger partial charge on any atom is 0.151 e. The summed E-state index contributed by atoms with van der Waals surface area (Å²) in [6.45, 7) is 5.60. The van der Waals surface area contributed by atoms with Crippen LogP contribution in [0.4, 0.5) is 0 Å². The van der Waals surface area contributed by atoms with Gasteiger partial charge in [-0.3, -0.25) is 0 Å². The van der Waals surface area contributed by atoms with Crippen LogP contribution >= 0.6 is 0 Å². The monoisotopic (exact) mass is 311 g/mol. The third-order valence-corrected chi connectivity index (χ3v) is 5.86. The number of sulfone groups is 1. The van der Waals surface area contributed by atoms with Crippen LogP contribution in [0.15, 0.2) is 24.3 Å². The van der Waals surface area contributed by atoms with E-state index < -0.39 is 9.84 Å². The Labute approximate surface area is 127 Å². The fourth-order valence-corrected chi connectivity index (χ4v) is 4.33. The molecule has 0 aromatic heterocycles. The lowest BCUT2D eigenvalue weighted by atomic mass is 9.98. The summed E-state index contributed by atoms with van der Waals surface area (Å²) in [4.78, 5) is 0. The predicted octanol–water partition coefficient (Wildman–Crippen LogP) is 2.36. The fourth-order valence-electron chi connectivity index (χ4n) is 2.62.